The summed E-state index contributed by atoms with van der Waals surface area (Å²) in [5, 5.41) is 7.54. The van der Waals surface area contributed by atoms with E-state index < -0.39 is 0 Å². The molecule has 2 aliphatic heterocycles. The molecule has 4 rings (SSSR count). The summed E-state index contributed by atoms with van der Waals surface area (Å²) in [6, 6.07) is 8.15. The average molecular weight is 354 g/mol. The SMILES string of the molecule is O=C(c1ccccc1C1CCNC1)N1CCN(CCn2cncn2)CC1. The first kappa shape index (κ1) is 17.2. The monoisotopic (exact) mass is 354 g/mol. The Kier molecular flexibility index (Phi) is 5.26. The van der Waals surface area contributed by atoms with Crippen LogP contribution in [0.5, 0.6) is 0 Å². The fourth-order valence-corrected chi connectivity index (χ4v) is 3.90. The molecule has 0 aliphatic carbocycles. The van der Waals surface area contributed by atoms with Crippen molar-refractivity contribution in [2.75, 3.05) is 45.8 Å². The van der Waals surface area contributed by atoms with Gasteiger partial charge in [-0.15, -0.1) is 0 Å². The van der Waals surface area contributed by atoms with E-state index in [4.69, 9.17) is 0 Å². The third kappa shape index (κ3) is 3.78. The molecule has 0 bridgehead atoms. The van der Waals surface area contributed by atoms with Crippen LogP contribution in [-0.2, 0) is 6.54 Å². The van der Waals surface area contributed by atoms with Gasteiger partial charge in [-0.1, -0.05) is 18.2 Å². The molecule has 1 amide bonds. The zero-order valence-corrected chi connectivity index (χ0v) is 15.0. The number of amides is 1. The summed E-state index contributed by atoms with van der Waals surface area (Å²) in [5.74, 6) is 0.641. The summed E-state index contributed by atoms with van der Waals surface area (Å²) in [7, 11) is 0. The smallest absolute Gasteiger partial charge is 0.254 e. The number of carbonyl (C=O) groups is 1. The molecule has 1 aromatic heterocycles. The van der Waals surface area contributed by atoms with Crippen LogP contribution in [0.3, 0.4) is 0 Å². The van der Waals surface area contributed by atoms with Crippen LogP contribution in [0.1, 0.15) is 28.3 Å². The predicted octanol–water partition coefficient (Wildman–Crippen LogP) is 0.813. The molecule has 2 aromatic rings. The van der Waals surface area contributed by atoms with Gasteiger partial charge in [-0.25, -0.2) is 4.98 Å². The lowest BCUT2D eigenvalue weighted by molar-refractivity contribution is 0.0630. The van der Waals surface area contributed by atoms with Crippen LogP contribution in [-0.4, -0.2) is 76.3 Å². The molecule has 0 spiro atoms. The second-order valence-electron chi connectivity index (χ2n) is 7.07. The average Bonchev–Trinajstić information content (AvgIpc) is 3.40. The molecular weight excluding hydrogens is 328 g/mol. The third-order valence-corrected chi connectivity index (χ3v) is 5.46. The fourth-order valence-electron chi connectivity index (χ4n) is 3.90. The van der Waals surface area contributed by atoms with E-state index in [0.717, 1.165) is 64.3 Å². The summed E-state index contributed by atoms with van der Waals surface area (Å²) in [4.78, 5) is 21.5. The Hall–Kier alpha value is -2.25. The predicted molar refractivity (Wildman–Crippen MR) is 99.0 cm³/mol. The highest BCUT2D eigenvalue weighted by Crippen LogP contribution is 2.26. The fraction of sp³-hybridized carbons (Fsp3) is 0.526. The lowest BCUT2D eigenvalue weighted by atomic mass is 9.93. The third-order valence-electron chi connectivity index (χ3n) is 5.46. The minimum Gasteiger partial charge on any atom is -0.336 e. The van der Waals surface area contributed by atoms with Gasteiger partial charge in [-0.2, -0.15) is 5.10 Å². The van der Waals surface area contributed by atoms with Crippen LogP contribution in [0.25, 0.3) is 0 Å². The number of rotatable bonds is 5. The van der Waals surface area contributed by atoms with Crippen LogP contribution in [0, 0.1) is 0 Å². The van der Waals surface area contributed by atoms with Crippen molar-refractivity contribution in [3.8, 4) is 0 Å². The first-order valence-electron chi connectivity index (χ1n) is 9.45. The van der Waals surface area contributed by atoms with Crippen molar-refractivity contribution in [3.05, 3.63) is 48.0 Å². The molecule has 7 heteroatoms. The molecule has 1 unspecified atom stereocenters. The molecule has 7 nitrogen and oxygen atoms in total. The number of hydrogen-bond acceptors (Lipinski definition) is 5. The van der Waals surface area contributed by atoms with Crippen molar-refractivity contribution in [2.45, 2.75) is 18.9 Å². The van der Waals surface area contributed by atoms with Gasteiger partial charge >= 0.3 is 0 Å². The molecule has 2 saturated heterocycles. The van der Waals surface area contributed by atoms with E-state index in [0.29, 0.717) is 5.92 Å². The van der Waals surface area contributed by atoms with Gasteiger partial charge in [0.05, 0.1) is 6.54 Å². The standard InChI is InChI=1S/C19H26N6O/c26-19(18-4-2-1-3-17(18)16-5-6-20-13-16)24-10-7-23(8-11-24)9-12-25-15-21-14-22-25/h1-4,14-16,20H,5-13H2. The van der Waals surface area contributed by atoms with E-state index in [1.165, 1.54) is 5.56 Å². The minimum absolute atomic E-state index is 0.184. The van der Waals surface area contributed by atoms with Crippen LogP contribution in [0.4, 0.5) is 0 Å². The summed E-state index contributed by atoms with van der Waals surface area (Å²) < 4.78 is 1.85. The second-order valence-corrected chi connectivity index (χ2v) is 7.07. The Bertz CT molecular complexity index is 717. The van der Waals surface area contributed by atoms with Crippen molar-refractivity contribution >= 4 is 5.91 Å². The number of nitrogens with one attached hydrogen (secondary N) is 1. The molecule has 0 saturated carbocycles. The molecule has 0 radical (unpaired) electrons. The topological polar surface area (TPSA) is 66.3 Å². The van der Waals surface area contributed by atoms with Crippen LogP contribution in [0.15, 0.2) is 36.9 Å². The number of piperazine rings is 1. The molecule has 3 heterocycles. The molecule has 138 valence electrons. The highest BCUT2D eigenvalue weighted by molar-refractivity contribution is 5.96. The molecule has 1 atom stereocenters. The second kappa shape index (κ2) is 7.97. The zero-order chi connectivity index (χ0) is 17.8. The van der Waals surface area contributed by atoms with E-state index >= 15 is 0 Å². The van der Waals surface area contributed by atoms with Gasteiger partial charge in [0.15, 0.2) is 0 Å². The molecule has 2 fully saturated rings. The molecule has 1 aromatic carbocycles. The minimum atomic E-state index is 0.184. The Labute approximate surface area is 154 Å². The maximum atomic E-state index is 13.1. The lowest BCUT2D eigenvalue weighted by Gasteiger charge is -2.35. The highest BCUT2D eigenvalue weighted by Gasteiger charge is 2.26. The maximum Gasteiger partial charge on any atom is 0.254 e. The summed E-state index contributed by atoms with van der Waals surface area (Å²) in [6.45, 7) is 7.18. The van der Waals surface area contributed by atoms with Crippen LogP contribution < -0.4 is 5.32 Å². The normalized spacial score (nSPS) is 21.2. The van der Waals surface area contributed by atoms with Gasteiger partial charge in [0, 0.05) is 44.8 Å². The Morgan fingerprint density at radius 1 is 1.15 bits per heavy atom. The van der Waals surface area contributed by atoms with E-state index in [1.54, 1.807) is 12.7 Å². The Morgan fingerprint density at radius 2 is 2.00 bits per heavy atom. The molecule has 2 aliphatic rings. The molecular formula is C19H26N6O. The summed E-state index contributed by atoms with van der Waals surface area (Å²) in [6.07, 6.45) is 4.42. The van der Waals surface area contributed by atoms with Gasteiger partial charge in [-0.05, 0) is 30.5 Å². The van der Waals surface area contributed by atoms with Gasteiger partial charge in [0.2, 0.25) is 0 Å². The van der Waals surface area contributed by atoms with E-state index in [9.17, 15) is 4.79 Å². The number of benzene rings is 1. The van der Waals surface area contributed by atoms with Gasteiger partial charge < -0.3 is 10.2 Å². The van der Waals surface area contributed by atoms with Crippen LogP contribution in [0.2, 0.25) is 0 Å². The molecule has 1 N–H and O–H groups in total. The van der Waals surface area contributed by atoms with Crippen LogP contribution >= 0.6 is 0 Å². The molecule has 26 heavy (non-hydrogen) atoms. The van der Waals surface area contributed by atoms with Crippen molar-refractivity contribution in [2.24, 2.45) is 0 Å². The first-order valence-corrected chi connectivity index (χ1v) is 9.45. The van der Waals surface area contributed by atoms with E-state index in [1.807, 2.05) is 27.8 Å². The lowest BCUT2D eigenvalue weighted by Crippen LogP contribution is -2.49. The van der Waals surface area contributed by atoms with Crippen molar-refractivity contribution in [3.63, 3.8) is 0 Å². The maximum absolute atomic E-state index is 13.1. The highest BCUT2D eigenvalue weighted by atomic mass is 16.2. The number of aromatic nitrogens is 3. The van der Waals surface area contributed by atoms with Gasteiger partial charge in [-0.3, -0.25) is 14.4 Å². The number of hydrogen-bond donors (Lipinski definition) is 1. The summed E-state index contributed by atoms with van der Waals surface area (Å²) >= 11 is 0. The summed E-state index contributed by atoms with van der Waals surface area (Å²) in [5.41, 5.74) is 2.09. The largest absolute Gasteiger partial charge is 0.336 e. The first-order chi connectivity index (χ1) is 12.8. The number of nitrogens with zero attached hydrogens (tertiary/aromatic N) is 5. The number of carbonyl (C=O) groups excluding carboxylic acids is 1. The van der Waals surface area contributed by atoms with E-state index in [-0.39, 0.29) is 5.91 Å². The van der Waals surface area contributed by atoms with Crippen molar-refractivity contribution in [1.29, 1.82) is 0 Å². The van der Waals surface area contributed by atoms with Crippen molar-refractivity contribution in [1.82, 2.24) is 29.9 Å². The zero-order valence-electron chi connectivity index (χ0n) is 15.0. The van der Waals surface area contributed by atoms with Gasteiger partial charge in [0.1, 0.15) is 12.7 Å². The quantitative estimate of drug-likeness (QED) is 0.861. The van der Waals surface area contributed by atoms with Crippen molar-refractivity contribution < 1.29 is 4.79 Å². The Morgan fingerprint density at radius 3 is 2.73 bits per heavy atom. The van der Waals surface area contributed by atoms with Gasteiger partial charge in [0.25, 0.3) is 5.91 Å². The Balaban J connectivity index is 1.35. The van der Waals surface area contributed by atoms with E-state index in [2.05, 4.69) is 26.4 Å².